The van der Waals surface area contributed by atoms with E-state index in [4.69, 9.17) is 9.15 Å². The highest BCUT2D eigenvalue weighted by atomic mass is 32.2. The van der Waals surface area contributed by atoms with Crippen molar-refractivity contribution >= 4 is 17.7 Å². The molecule has 6 nitrogen and oxygen atoms in total. The van der Waals surface area contributed by atoms with Gasteiger partial charge in [-0.1, -0.05) is 11.8 Å². The minimum Gasteiger partial charge on any atom is -0.411 e. The number of halogens is 1. The standard InChI is InChI=1S/C16H18FN3O3S/c1-10(14(21)18-9-13-3-2-8-22-13)24-16-20-19-15(23-16)11-4-6-12(17)7-5-11/h4-7,10,13H,2-3,8-9H2,1H3,(H,18,21)/t10-,13-/m0/s1. The summed E-state index contributed by atoms with van der Waals surface area (Å²) in [5.74, 6) is -0.133. The van der Waals surface area contributed by atoms with Crippen LogP contribution in [0.1, 0.15) is 19.8 Å². The van der Waals surface area contributed by atoms with Crippen molar-refractivity contribution in [2.45, 2.75) is 36.3 Å². The van der Waals surface area contributed by atoms with E-state index in [1.807, 2.05) is 0 Å². The zero-order chi connectivity index (χ0) is 16.9. The Balaban J connectivity index is 1.53. The van der Waals surface area contributed by atoms with Crippen LogP contribution in [0, 0.1) is 5.82 Å². The maximum atomic E-state index is 12.9. The summed E-state index contributed by atoms with van der Waals surface area (Å²) >= 11 is 1.19. The molecule has 0 radical (unpaired) electrons. The molecule has 1 aliphatic rings. The Morgan fingerprint density at radius 3 is 2.92 bits per heavy atom. The highest BCUT2D eigenvalue weighted by Gasteiger charge is 2.21. The summed E-state index contributed by atoms with van der Waals surface area (Å²) in [6.07, 6.45) is 2.13. The van der Waals surface area contributed by atoms with Gasteiger partial charge in [-0.25, -0.2) is 4.39 Å². The van der Waals surface area contributed by atoms with E-state index in [-0.39, 0.29) is 23.1 Å². The summed E-state index contributed by atoms with van der Waals surface area (Å²) in [5.41, 5.74) is 0.631. The molecule has 24 heavy (non-hydrogen) atoms. The van der Waals surface area contributed by atoms with E-state index in [1.54, 1.807) is 19.1 Å². The monoisotopic (exact) mass is 351 g/mol. The summed E-state index contributed by atoms with van der Waals surface area (Å²) in [4.78, 5) is 12.1. The number of rotatable bonds is 6. The summed E-state index contributed by atoms with van der Waals surface area (Å²) in [5, 5.41) is 10.7. The second-order valence-corrected chi connectivity index (χ2v) is 6.81. The summed E-state index contributed by atoms with van der Waals surface area (Å²) < 4.78 is 23.9. The number of carbonyl (C=O) groups excluding carboxylic acids is 1. The number of hydrogen-bond acceptors (Lipinski definition) is 6. The van der Waals surface area contributed by atoms with Gasteiger partial charge in [-0.15, -0.1) is 10.2 Å². The third kappa shape index (κ3) is 4.33. The van der Waals surface area contributed by atoms with Crippen LogP contribution in [0.3, 0.4) is 0 Å². The molecule has 3 rings (SSSR count). The van der Waals surface area contributed by atoms with Crippen molar-refractivity contribution in [3.05, 3.63) is 30.1 Å². The second-order valence-electron chi connectivity index (χ2n) is 5.52. The van der Waals surface area contributed by atoms with Gasteiger partial charge in [-0.05, 0) is 44.0 Å². The fraction of sp³-hybridized carbons (Fsp3) is 0.438. The van der Waals surface area contributed by atoms with E-state index >= 15 is 0 Å². The first-order valence-corrected chi connectivity index (χ1v) is 8.65. The number of nitrogens with one attached hydrogen (secondary N) is 1. The van der Waals surface area contributed by atoms with Crippen molar-refractivity contribution in [3.63, 3.8) is 0 Å². The van der Waals surface area contributed by atoms with Gasteiger partial charge < -0.3 is 14.5 Å². The SMILES string of the molecule is C[C@H](Sc1nnc(-c2ccc(F)cc2)o1)C(=O)NC[C@@H]1CCCO1. The summed E-state index contributed by atoms with van der Waals surface area (Å²) in [7, 11) is 0. The second kappa shape index (κ2) is 7.76. The van der Waals surface area contributed by atoms with E-state index in [1.165, 1.54) is 23.9 Å². The molecular formula is C16H18FN3O3S. The zero-order valence-corrected chi connectivity index (χ0v) is 14.0. The maximum absolute atomic E-state index is 12.9. The molecule has 0 unspecified atom stereocenters. The van der Waals surface area contributed by atoms with Crippen LogP contribution in [0.15, 0.2) is 33.9 Å². The smallest absolute Gasteiger partial charge is 0.277 e. The first-order chi connectivity index (χ1) is 11.6. The molecule has 0 saturated carbocycles. The van der Waals surface area contributed by atoms with Gasteiger partial charge >= 0.3 is 0 Å². The van der Waals surface area contributed by atoms with Crippen LogP contribution in [-0.2, 0) is 9.53 Å². The molecule has 0 bridgehead atoms. The van der Waals surface area contributed by atoms with E-state index in [0.29, 0.717) is 23.2 Å². The molecule has 8 heteroatoms. The number of hydrogen-bond donors (Lipinski definition) is 1. The van der Waals surface area contributed by atoms with Crippen LogP contribution in [0.25, 0.3) is 11.5 Å². The average Bonchev–Trinajstić information content (AvgIpc) is 3.25. The van der Waals surface area contributed by atoms with Crippen LogP contribution in [0.2, 0.25) is 0 Å². The highest BCUT2D eigenvalue weighted by Crippen LogP contribution is 2.26. The molecule has 2 heterocycles. The van der Waals surface area contributed by atoms with Gasteiger partial charge in [0.05, 0.1) is 11.4 Å². The highest BCUT2D eigenvalue weighted by molar-refractivity contribution is 8.00. The Morgan fingerprint density at radius 2 is 2.21 bits per heavy atom. The van der Waals surface area contributed by atoms with Gasteiger partial charge in [-0.3, -0.25) is 4.79 Å². The number of nitrogens with zero attached hydrogens (tertiary/aromatic N) is 2. The molecule has 1 saturated heterocycles. The molecule has 1 N–H and O–H groups in total. The molecule has 1 fully saturated rings. The third-order valence-electron chi connectivity index (χ3n) is 3.67. The Labute approximate surface area is 143 Å². The van der Waals surface area contributed by atoms with Gasteiger partial charge in [0, 0.05) is 18.7 Å². The van der Waals surface area contributed by atoms with Crippen LogP contribution in [0.4, 0.5) is 4.39 Å². The Kier molecular flexibility index (Phi) is 5.47. The number of benzene rings is 1. The topological polar surface area (TPSA) is 77.2 Å². The molecule has 128 valence electrons. The Bertz CT molecular complexity index is 686. The van der Waals surface area contributed by atoms with Gasteiger partial charge in [-0.2, -0.15) is 0 Å². The lowest BCUT2D eigenvalue weighted by Crippen LogP contribution is -2.36. The predicted octanol–water partition coefficient (Wildman–Crippen LogP) is 2.65. The maximum Gasteiger partial charge on any atom is 0.277 e. The van der Waals surface area contributed by atoms with Crippen molar-refractivity contribution in [1.82, 2.24) is 15.5 Å². The van der Waals surface area contributed by atoms with E-state index in [9.17, 15) is 9.18 Å². The fourth-order valence-electron chi connectivity index (χ4n) is 2.33. The van der Waals surface area contributed by atoms with Gasteiger partial charge in [0.1, 0.15) is 5.82 Å². The van der Waals surface area contributed by atoms with Crippen molar-refractivity contribution in [2.75, 3.05) is 13.2 Å². The van der Waals surface area contributed by atoms with Gasteiger partial charge in [0.25, 0.3) is 5.22 Å². The largest absolute Gasteiger partial charge is 0.411 e. The van der Waals surface area contributed by atoms with Crippen molar-refractivity contribution in [1.29, 1.82) is 0 Å². The van der Waals surface area contributed by atoms with Crippen molar-refractivity contribution < 1.29 is 18.3 Å². The average molecular weight is 351 g/mol. The van der Waals surface area contributed by atoms with Crippen LogP contribution >= 0.6 is 11.8 Å². The normalized spacial score (nSPS) is 18.5. The van der Waals surface area contributed by atoms with E-state index < -0.39 is 0 Å². The number of aromatic nitrogens is 2. The fourth-order valence-corrected chi connectivity index (χ4v) is 3.04. The Hall–Kier alpha value is -1.93. The molecule has 1 aliphatic heterocycles. The predicted molar refractivity (Wildman–Crippen MR) is 87.0 cm³/mol. The lowest BCUT2D eigenvalue weighted by Gasteiger charge is -2.13. The quantitative estimate of drug-likeness (QED) is 0.806. The first-order valence-electron chi connectivity index (χ1n) is 7.77. The van der Waals surface area contributed by atoms with Crippen LogP contribution in [-0.4, -0.2) is 40.6 Å². The zero-order valence-electron chi connectivity index (χ0n) is 13.2. The molecular weight excluding hydrogens is 333 g/mol. The van der Waals surface area contributed by atoms with E-state index in [0.717, 1.165) is 19.4 Å². The minimum absolute atomic E-state index is 0.1000. The van der Waals surface area contributed by atoms with Crippen molar-refractivity contribution in [2.24, 2.45) is 0 Å². The number of carbonyl (C=O) groups is 1. The summed E-state index contributed by atoms with van der Waals surface area (Å²) in [6, 6.07) is 5.78. The third-order valence-corrected chi connectivity index (χ3v) is 4.61. The molecule has 0 aliphatic carbocycles. The number of amides is 1. The number of thioether (sulfide) groups is 1. The molecule has 2 atom stereocenters. The molecule has 0 spiro atoms. The Morgan fingerprint density at radius 1 is 1.42 bits per heavy atom. The van der Waals surface area contributed by atoms with Crippen molar-refractivity contribution in [3.8, 4) is 11.5 Å². The minimum atomic E-state index is -0.368. The summed E-state index contributed by atoms with van der Waals surface area (Å²) in [6.45, 7) is 3.06. The molecule has 1 aromatic heterocycles. The van der Waals surface area contributed by atoms with Gasteiger partial charge in [0.2, 0.25) is 11.8 Å². The molecule has 1 aromatic carbocycles. The molecule has 1 amide bonds. The van der Waals surface area contributed by atoms with Crippen LogP contribution < -0.4 is 5.32 Å². The number of ether oxygens (including phenoxy) is 1. The molecule has 2 aromatic rings. The first kappa shape index (κ1) is 16.9. The van der Waals surface area contributed by atoms with Crippen LogP contribution in [0.5, 0.6) is 0 Å². The lowest BCUT2D eigenvalue weighted by atomic mass is 10.2. The lowest BCUT2D eigenvalue weighted by molar-refractivity contribution is -0.120. The van der Waals surface area contributed by atoms with E-state index in [2.05, 4.69) is 15.5 Å². The van der Waals surface area contributed by atoms with Gasteiger partial charge in [0.15, 0.2) is 0 Å².